The van der Waals surface area contributed by atoms with Crippen LogP contribution in [-0.2, 0) is 0 Å². The van der Waals surface area contributed by atoms with Crippen LogP contribution in [0.2, 0.25) is 0 Å². The molecule has 0 radical (unpaired) electrons. The summed E-state index contributed by atoms with van der Waals surface area (Å²) in [7, 11) is 0. The summed E-state index contributed by atoms with van der Waals surface area (Å²) in [5.41, 5.74) is 10.0. The lowest BCUT2D eigenvalue weighted by Crippen LogP contribution is -1.99. The standard InChI is InChI=1S/C34H34O2/c1-3-5-23-35-27-19-15-25(16-20-27)33(26-17-21-28(22-18-26)36-24-6-4-2)34-31-13-9-7-11-29(31)30-12-8-10-14-32(30)34/h7-22H,3-6,23-24H2,1-2H3. The molecule has 0 heterocycles. The molecular formula is C34H34O2. The van der Waals surface area contributed by atoms with Crippen molar-refractivity contribution in [1.82, 2.24) is 0 Å². The highest BCUT2D eigenvalue weighted by Crippen LogP contribution is 2.48. The first-order valence-corrected chi connectivity index (χ1v) is 13.2. The van der Waals surface area contributed by atoms with Crippen molar-refractivity contribution in [1.29, 1.82) is 0 Å². The molecule has 36 heavy (non-hydrogen) atoms. The van der Waals surface area contributed by atoms with Gasteiger partial charge in [0.25, 0.3) is 0 Å². The minimum atomic E-state index is 0.754. The Balaban J connectivity index is 1.63. The molecule has 0 N–H and O–H groups in total. The average Bonchev–Trinajstić information content (AvgIpc) is 3.25. The Morgan fingerprint density at radius 1 is 0.500 bits per heavy atom. The molecule has 5 rings (SSSR count). The molecule has 0 fully saturated rings. The largest absolute Gasteiger partial charge is 0.494 e. The second-order valence-electron chi connectivity index (χ2n) is 9.29. The zero-order chi connectivity index (χ0) is 24.7. The maximum atomic E-state index is 5.95. The Labute approximate surface area is 215 Å². The van der Waals surface area contributed by atoms with E-state index in [2.05, 4.69) is 111 Å². The summed E-state index contributed by atoms with van der Waals surface area (Å²) in [6, 6.07) is 34.6. The third-order valence-electron chi connectivity index (χ3n) is 6.75. The molecule has 0 saturated carbocycles. The highest BCUT2D eigenvalue weighted by Gasteiger charge is 2.26. The predicted molar refractivity (Wildman–Crippen MR) is 151 cm³/mol. The van der Waals surface area contributed by atoms with Gasteiger partial charge in [-0.2, -0.15) is 0 Å². The quantitative estimate of drug-likeness (QED) is 0.188. The van der Waals surface area contributed by atoms with Crippen LogP contribution in [0.4, 0.5) is 0 Å². The molecule has 2 nitrogen and oxygen atoms in total. The molecule has 0 bridgehead atoms. The first-order valence-electron chi connectivity index (χ1n) is 13.2. The number of rotatable bonds is 10. The highest BCUT2D eigenvalue weighted by atomic mass is 16.5. The van der Waals surface area contributed by atoms with Crippen molar-refractivity contribution < 1.29 is 9.47 Å². The fourth-order valence-electron chi connectivity index (χ4n) is 4.85. The van der Waals surface area contributed by atoms with Gasteiger partial charge in [0.05, 0.1) is 13.2 Å². The maximum Gasteiger partial charge on any atom is 0.119 e. The van der Waals surface area contributed by atoms with Gasteiger partial charge < -0.3 is 9.47 Å². The van der Waals surface area contributed by atoms with Gasteiger partial charge in [0.15, 0.2) is 0 Å². The second-order valence-corrected chi connectivity index (χ2v) is 9.29. The van der Waals surface area contributed by atoms with E-state index in [1.807, 2.05) is 0 Å². The summed E-state index contributed by atoms with van der Waals surface area (Å²) in [6.07, 6.45) is 4.39. The summed E-state index contributed by atoms with van der Waals surface area (Å²) in [4.78, 5) is 0. The summed E-state index contributed by atoms with van der Waals surface area (Å²) >= 11 is 0. The van der Waals surface area contributed by atoms with Crippen LogP contribution < -0.4 is 9.47 Å². The molecule has 4 aromatic rings. The third-order valence-corrected chi connectivity index (χ3v) is 6.75. The van der Waals surface area contributed by atoms with E-state index in [0.717, 1.165) is 50.4 Å². The molecule has 2 heteroatoms. The van der Waals surface area contributed by atoms with E-state index in [1.165, 1.54) is 44.5 Å². The molecule has 1 aliphatic carbocycles. The SMILES string of the molecule is CCCCOc1ccc(C(=C2c3ccccc3-c3ccccc32)c2ccc(OCCCC)cc2)cc1. The normalized spacial score (nSPS) is 11.7. The predicted octanol–water partition coefficient (Wildman–Crippen LogP) is 9.03. The Morgan fingerprint density at radius 2 is 0.889 bits per heavy atom. The van der Waals surface area contributed by atoms with Crippen LogP contribution in [0.3, 0.4) is 0 Å². The molecule has 182 valence electrons. The third kappa shape index (κ3) is 4.95. The minimum absolute atomic E-state index is 0.754. The summed E-state index contributed by atoms with van der Waals surface area (Å²) < 4.78 is 11.9. The van der Waals surface area contributed by atoms with Crippen molar-refractivity contribution in [3.8, 4) is 22.6 Å². The second kappa shape index (κ2) is 11.3. The maximum absolute atomic E-state index is 5.95. The summed E-state index contributed by atoms with van der Waals surface area (Å²) in [5.74, 6) is 1.84. The van der Waals surface area contributed by atoms with Gasteiger partial charge in [0.2, 0.25) is 0 Å². The zero-order valence-electron chi connectivity index (χ0n) is 21.3. The average molecular weight is 475 g/mol. The molecule has 0 unspecified atom stereocenters. The Bertz CT molecular complexity index is 1230. The first-order chi connectivity index (χ1) is 17.8. The van der Waals surface area contributed by atoms with Crippen LogP contribution >= 0.6 is 0 Å². The lowest BCUT2D eigenvalue weighted by Gasteiger charge is -2.16. The van der Waals surface area contributed by atoms with Crippen LogP contribution in [0.1, 0.15) is 61.8 Å². The smallest absolute Gasteiger partial charge is 0.119 e. The van der Waals surface area contributed by atoms with Gasteiger partial charge in [0.1, 0.15) is 11.5 Å². The van der Waals surface area contributed by atoms with Gasteiger partial charge in [0, 0.05) is 0 Å². The molecule has 0 amide bonds. The van der Waals surface area contributed by atoms with Gasteiger partial charge in [-0.1, -0.05) is 99.5 Å². The first kappa shape index (κ1) is 23.9. The van der Waals surface area contributed by atoms with E-state index in [4.69, 9.17) is 9.47 Å². The van der Waals surface area contributed by atoms with Crippen molar-refractivity contribution >= 4 is 11.1 Å². The minimum Gasteiger partial charge on any atom is -0.494 e. The van der Waals surface area contributed by atoms with Crippen molar-refractivity contribution in [2.24, 2.45) is 0 Å². The number of fused-ring (bicyclic) bond motifs is 3. The van der Waals surface area contributed by atoms with E-state index in [1.54, 1.807) is 0 Å². The van der Waals surface area contributed by atoms with Gasteiger partial charge in [-0.05, 0) is 81.6 Å². The number of unbranched alkanes of at least 4 members (excludes halogenated alkanes) is 2. The molecule has 0 aliphatic heterocycles. The van der Waals surface area contributed by atoms with Crippen molar-refractivity contribution in [2.75, 3.05) is 13.2 Å². The molecule has 0 aromatic heterocycles. The van der Waals surface area contributed by atoms with Crippen LogP contribution in [0.15, 0.2) is 97.1 Å². The highest BCUT2D eigenvalue weighted by molar-refractivity contribution is 6.13. The van der Waals surface area contributed by atoms with Gasteiger partial charge in [-0.25, -0.2) is 0 Å². The Hall–Kier alpha value is -3.78. The fourth-order valence-corrected chi connectivity index (χ4v) is 4.85. The number of benzene rings is 4. The van der Waals surface area contributed by atoms with Gasteiger partial charge in [-0.15, -0.1) is 0 Å². The molecular weight excluding hydrogens is 440 g/mol. The Kier molecular flexibility index (Phi) is 7.52. The molecule has 4 aromatic carbocycles. The zero-order valence-corrected chi connectivity index (χ0v) is 21.3. The van der Waals surface area contributed by atoms with E-state index < -0.39 is 0 Å². The van der Waals surface area contributed by atoms with Gasteiger partial charge in [-0.3, -0.25) is 0 Å². The van der Waals surface area contributed by atoms with E-state index in [0.29, 0.717) is 0 Å². The van der Waals surface area contributed by atoms with Crippen LogP contribution in [0.5, 0.6) is 11.5 Å². The van der Waals surface area contributed by atoms with Gasteiger partial charge >= 0.3 is 0 Å². The van der Waals surface area contributed by atoms with Crippen LogP contribution in [0.25, 0.3) is 22.3 Å². The summed E-state index contributed by atoms with van der Waals surface area (Å²) in [6.45, 7) is 5.87. The molecule has 0 saturated heterocycles. The van der Waals surface area contributed by atoms with E-state index in [-0.39, 0.29) is 0 Å². The number of hydrogen-bond donors (Lipinski definition) is 0. The monoisotopic (exact) mass is 474 g/mol. The molecule has 0 atom stereocenters. The molecule has 1 aliphatic rings. The van der Waals surface area contributed by atoms with E-state index >= 15 is 0 Å². The van der Waals surface area contributed by atoms with E-state index in [9.17, 15) is 0 Å². The topological polar surface area (TPSA) is 18.5 Å². The lowest BCUT2D eigenvalue weighted by molar-refractivity contribution is 0.309. The Morgan fingerprint density at radius 3 is 1.28 bits per heavy atom. The molecule has 0 spiro atoms. The van der Waals surface area contributed by atoms with Crippen molar-refractivity contribution in [3.63, 3.8) is 0 Å². The van der Waals surface area contributed by atoms with Crippen molar-refractivity contribution in [3.05, 3.63) is 119 Å². The lowest BCUT2D eigenvalue weighted by atomic mass is 9.88. The van der Waals surface area contributed by atoms with Crippen LogP contribution in [-0.4, -0.2) is 13.2 Å². The van der Waals surface area contributed by atoms with Crippen LogP contribution in [0, 0.1) is 0 Å². The van der Waals surface area contributed by atoms with Crippen molar-refractivity contribution in [2.45, 2.75) is 39.5 Å². The summed E-state index contributed by atoms with van der Waals surface area (Å²) in [5, 5.41) is 0. The number of hydrogen-bond acceptors (Lipinski definition) is 2. The fraction of sp³-hybridized carbons (Fsp3) is 0.235. The number of ether oxygens (including phenoxy) is 2.